The number of aliphatic carboxylic acids is 1. The van der Waals surface area contributed by atoms with E-state index in [-0.39, 0.29) is 13.2 Å². The molecule has 9 nitrogen and oxygen atoms in total. The number of aryl methyl sites for hydroxylation is 2. The Morgan fingerprint density at radius 1 is 0.864 bits per heavy atom. The van der Waals surface area contributed by atoms with E-state index < -0.39 is 36.7 Å². The number of nitrogens with one attached hydrogen (secondary N) is 1. The molecule has 1 amide bonds. The van der Waals surface area contributed by atoms with Crippen LogP contribution in [0.3, 0.4) is 0 Å². The zero-order chi connectivity index (χ0) is 31.7. The second-order valence-corrected chi connectivity index (χ2v) is 10.9. The standard InChI is InChI=1S/C35H46N2O7/c1-4-42-31(38)25-44-33(35(40)41)32(43-22-11-9-20-36-30-17-12-13-26(2)23-30)34(39)37(3)21-10-5-6-14-27-18-19-28-15-7-8-16-29(28)24-27/h7-8,12-13,15-19,23-24,32-33,36H,4-6,9-11,14,20-22,25H2,1-3H3,(H,40,41)/t32-,33-/m1/s1. The van der Waals surface area contributed by atoms with E-state index in [1.807, 2.05) is 37.3 Å². The number of fused-ring (bicyclic) bond motifs is 1. The minimum atomic E-state index is -1.65. The van der Waals surface area contributed by atoms with Crippen LogP contribution < -0.4 is 5.32 Å². The van der Waals surface area contributed by atoms with Gasteiger partial charge < -0.3 is 29.5 Å². The van der Waals surface area contributed by atoms with Crippen LogP contribution in [-0.4, -0.2) is 80.0 Å². The molecule has 3 rings (SSSR count). The van der Waals surface area contributed by atoms with Crippen LogP contribution >= 0.6 is 0 Å². The zero-order valence-corrected chi connectivity index (χ0v) is 26.1. The number of hydrogen-bond donors (Lipinski definition) is 2. The number of unbranched alkanes of at least 4 members (excludes halogenated alkanes) is 3. The van der Waals surface area contributed by atoms with Crippen molar-refractivity contribution in [3.63, 3.8) is 0 Å². The maximum Gasteiger partial charge on any atom is 0.336 e. The summed E-state index contributed by atoms with van der Waals surface area (Å²) in [4.78, 5) is 38.9. The van der Waals surface area contributed by atoms with E-state index in [4.69, 9.17) is 14.2 Å². The lowest BCUT2D eigenvalue weighted by atomic mass is 10.0. The summed E-state index contributed by atoms with van der Waals surface area (Å²) in [6.07, 6.45) is 1.89. The molecule has 0 saturated carbocycles. The first-order chi connectivity index (χ1) is 21.3. The Morgan fingerprint density at radius 3 is 2.41 bits per heavy atom. The van der Waals surface area contributed by atoms with Gasteiger partial charge in [-0.05, 0) is 80.0 Å². The highest BCUT2D eigenvalue weighted by atomic mass is 16.6. The maximum atomic E-state index is 13.4. The molecule has 0 aliphatic rings. The molecule has 3 aromatic rings. The molecule has 0 heterocycles. The number of carboxylic acids is 1. The molecule has 0 bridgehead atoms. The Bertz CT molecular complexity index is 1350. The van der Waals surface area contributed by atoms with Gasteiger partial charge in [0.25, 0.3) is 5.91 Å². The van der Waals surface area contributed by atoms with Gasteiger partial charge in [-0.25, -0.2) is 9.59 Å². The highest BCUT2D eigenvalue weighted by Gasteiger charge is 2.38. The summed E-state index contributed by atoms with van der Waals surface area (Å²) in [5.41, 5.74) is 3.46. The smallest absolute Gasteiger partial charge is 0.336 e. The van der Waals surface area contributed by atoms with Gasteiger partial charge in [0.2, 0.25) is 0 Å². The van der Waals surface area contributed by atoms with Crippen LogP contribution in [0.2, 0.25) is 0 Å². The summed E-state index contributed by atoms with van der Waals surface area (Å²) in [7, 11) is 1.64. The normalized spacial score (nSPS) is 12.4. The van der Waals surface area contributed by atoms with Gasteiger partial charge in [0.15, 0.2) is 12.2 Å². The first-order valence-electron chi connectivity index (χ1n) is 15.4. The number of nitrogens with zero attached hydrogens (tertiary/aromatic N) is 1. The molecule has 0 aliphatic carbocycles. The zero-order valence-electron chi connectivity index (χ0n) is 26.1. The Morgan fingerprint density at radius 2 is 1.66 bits per heavy atom. The maximum absolute atomic E-state index is 13.4. The number of ether oxygens (including phenoxy) is 3. The van der Waals surface area contributed by atoms with E-state index in [0.29, 0.717) is 19.5 Å². The van der Waals surface area contributed by atoms with Crippen molar-refractivity contribution >= 4 is 34.3 Å². The lowest BCUT2D eigenvalue weighted by Gasteiger charge is -2.28. The second-order valence-electron chi connectivity index (χ2n) is 10.9. The van der Waals surface area contributed by atoms with Gasteiger partial charge in [-0.2, -0.15) is 0 Å². The number of anilines is 1. The summed E-state index contributed by atoms with van der Waals surface area (Å²) in [6, 6.07) is 22.9. The van der Waals surface area contributed by atoms with Crippen molar-refractivity contribution < 1.29 is 33.7 Å². The van der Waals surface area contributed by atoms with E-state index >= 15 is 0 Å². The molecule has 0 unspecified atom stereocenters. The van der Waals surface area contributed by atoms with Crippen molar-refractivity contribution in [2.75, 3.05) is 45.3 Å². The molecule has 0 fully saturated rings. The Labute approximate surface area is 260 Å². The molecule has 0 saturated heterocycles. The minimum Gasteiger partial charge on any atom is -0.479 e. The minimum absolute atomic E-state index is 0.138. The highest BCUT2D eigenvalue weighted by molar-refractivity contribution is 5.88. The van der Waals surface area contributed by atoms with Crippen LogP contribution in [0, 0.1) is 6.92 Å². The van der Waals surface area contributed by atoms with Gasteiger partial charge in [0.1, 0.15) is 6.61 Å². The number of hydrogen-bond acceptors (Lipinski definition) is 7. The fraction of sp³-hybridized carbons (Fsp3) is 0.457. The fourth-order valence-electron chi connectivity index (χ4n) is 4.94. The average molecular weight is 607 g/mol. The molecular formula is C35H46N2O7. The molecule has 9 heteroatoms. The number of esters is 1. The molecule has 2 N–H and O–H groups in total. The number of carbonyl (C=O) groups is 3. The van der Waals surface area contributed by atoms with Crippen molar-refractivity contribution in [1.82, 2.24) is 4.90 Å². The summed E-state index contributed by atoms with van der Waals surface area (Å²) < 4.78 is 16.1. The van der Waals surface area contributed by atoms with Gasteiger partial charge in [-0.3, -0.25) is 4.79 Å². The first-order valence-corrected chi connectivity index (χ1v) is 15.4. The summed E-state index contributed by atoms with van der Waals surface area (Å²) in [5, 5.41) is 15.7. The summed E-state index contributed by atoms with van der Waals surface area (Å²) >= 11 is 0. The predicted molar refractivity (Wildman–Crippen MR) is 172 cm³/mol. The average Bonchev–Trinajstić information content (AvgIpc) is 3.01. The monoisotopic (exact) mass is 606 g/mol. The van der Waals surface area contributed by atoms with Crippen LogP contribution in [0.1, 0.15) is 50.2 Å². The Balaban J connectivity index is 1.50. The van der Waals surface area contributed by atoms with Gasteiger partial charge in [-0.15, -0.1) is 0 Å². The number of amides is 1. The van der Waals surface area contributed by atoms with Gasteiger partial charge in [0, 0.05) is 32.4 Å². The van der Waals surface area contributed by atoms with E-state index in [1.54, 1.807) is 14.0 Å². The largest absolute Gasteiger partial charge is 0.479 e. The van der Waals surface area contributed by atoms with Gasteiger partial charge in [-0.1, -0.05) is 61.0 Å². The number of carbonyl (C=O) groups excluding carboxylic acids is 2. The predicted octanol–water partition coefficient (Wildman–Crippen LogP) is 5.63. The molecule has 3 aromatic carbocycles. The van der Waals surface area contributed by atoms with Gasteiger partial charge in [0.05, 0.1) is 6.61 Å². The van der Waals surface area contributed by atoms with Crippen molar-refractivity contribution in [2.24, 2.45) is 0 Å². The molecule has 44 heavy (non-hydrogen) atoms. The molecule has 0 radical (unpaired) electrons. The molecule has 238 valence electrons. The van der Waals surface area contributed by atoms with Crippen molar-refractivity contribution in [3.05, 3.63) is 77.9 Å². The third kappa shape index (κ3) is 11.6. The highest BCUT2D eigenvalue weighted by Crippen LogP contribution is 2.18. The Kier molecular flexibility index (Phi) is 14.6. The lowest BCUT2D eigenvalue weighted by molar-refractivity contribution is -0.177. The van der Waals surface area contributed by atoms with E-state index in [2.05, 4.69) is 41.7 Å². The second kappa shape index (κ2) is 18.7. The van der Waals surface area contributed by atoms with E-state index in [1.165, 1.54) is 21.2 Å². The molecular weight excluding hydrogens is 560 g/mol. The third-order valence-electron chi connectivity index (χ3n) is 7.31. The number of likely N-dealkylation sites (N-methyl/N-ethyl adjacent to an activating group) is 1. The van der Waals surface area contributed by atoms with Crippen LogP contribution in [0.5, 0.6) is 0 Å². The fourth-order valence-corrected chi connectivity index (χ4v) is 4.94. The topological polar surface area (TPSA) is 114 Å². The van der Waals surface area contributed by atoms with Crippen LogP contribution in [-0.2, 0) is 35.0 Å². The van der Waals surface area contributed by atoms with Crippen LogP contribution in [0.25, 0.3) is 10.8 Å². The van der Waals surface area contributed by atoms with Crippen molar-refractivity contribution in [3.8, 4) is 0 Å². The van der Waals surface area contributed by atoms with Gasteiger partial charge >= 0.3 is 11.9 Å². The number of carboxylic acid groups (broad SMARTS) is 1. The quantitative estimate of drug-likeness (QED) is 0.126. The Hall–Kier alpha value is -3.95. The SMILES string of the molecule is CCOC(=O)CO[C@@H](C(=O)O)[C@@H](OCCCCNc1cccc(C)c1)C(=O)N(C)CCCCCc1ccc2ccccc2c1. The number of benzene rings is 3. The summed E-state index contributed by atoms with van der Waals surface area (Å²) in [6.45, 7) is 4.54. The van der Waals surface area contributed by atoms with Crippen molar-refractivity contribution in [2.45, 2.75) is 64.6 Å². The van der Waals surface area contributed by atoms with Crippen LogP contribution in [0.4, 0.5) is 5.69 Å². The van der Waals surface area contributed by atoms with Crippen molar-refractivity contribution in [1.29, 1.82) is 0 Å². The summed E-state index contributed by atoms with van der Waals surface area (Å²) in [5.74, 6) is -2.57. The molecule has 0 spiro atoms. The third-order valence-corrected chi connectivity index (χ3v) is 7.31. The first kappa shape index (κ1) is 34.5. The van der Waals surface area contributed by atoms with E-state index in [9.17, 15) is 19.5 Å². The molecule has 2 atom stereocenters. The molecule has 0 aliphatic heterocycles. The molecule has 0 aromatic heterocycles. The number of rotatable bonds is 20. The lowest BCUT2D eigenvalue weighted by Crippen LogP contribution is -2.50. The van der Waals surface area contributed by atoms with E-state index in [0.717, 1.165) is 43.4 Å². The van der Waals surface area contributed by atoms with Crippen LogP contribution in [0.15, 0.2) is 66.7 Å².